The number of nitrogens with zero attached hydrogens (tertiary/aromatic N) is 2. The van der Waals surface area contributed by atoms with E-state index in [0.717, 1.165) is 58.3 Å². The molecule has 0 aromatic rings. The van der Waals surface area contributed by atoms with Gasteiger partial charge in [0.25, 0.3) is 0 Å². The molecule has 0 aromatic heterocycles. The molecule has 0 bridgehead atoms. The van der Waals surface area contributed by atoms with Crippen molar-refractivity contribution in [3.8, 4) is 0 Å². The molecular formula is C17H31N3O2. The second-order valence-electron chi connectivity index (χ2n) is 6.94. The van der Waals surface area contributed by atoms with E-state index in [9.17, 15) is 9.59 Å². The van der Waals surface area contributed by atoms with Crippen molar-refractivity contribution in [2.45, 2.75) is 46.0 Å². The summed E-state index contributed by atoms with van der Waals surface area (Å²) in [7, 11) is 0. The largest absolute Gasteiger partial charge is 0.342 e. The maximum atomic E-state index is 12.7. The van der Waals surface area contributed by atoms with Crippen LogP contribution in [-0.2, 0) is 9.59 Å². The Morgan fingerprint density at radius 1 is 1.14 bits per heavy atom. The van der Waals surface area contributed by atoms with Crippen LogP contribution < -0.4 is 5.73 Å². The fourth-order valence-corrected chi connectivity index (χ4v) is 3.51. The van der Waals surface area contributed by atoms with E-state index in [1.165, 1.54) is 0 Å². The number of rotatable bonds is 4. The van der Waals surface area contributed by atoms with Crippen LogP contribution in [0, 0.1) is 17.8 Å². The van der Waals surface area contributed by atoms with Crippen molar-refractivity contribution in [1.29, 1.82) is 0 Å². The van der Waals surface area contributed by atoms with Crippen LogP contribution in [-0.4, -0.2) is 54.3 Å². The van der Waals surface area contributed by atoms with Crippen LogP contribution in [0.2, 0.25) is 0 Å². The number of carbonyl (C=O) groups is 2. The summed E-state index contributed by atoms with van der Waals surface area (Å²) in [6.45, 7) is 7.82. The number of nitrogens with two attached hydrogens (primary N) is 1. The van der Waals surface area contributed by atoms with Gasteiger partial charge in [-0.05, 0) is 44.6 Å². The summed E-state index contributed by atoms with van der Waals surface area (Å²) in [4.78, 5) is 29.0. The van der Waals surface area contributed by atoms with E-state index < -0.39 is 0 Å². The summed E-state index contributed by atoms with van der Waals surface area (Å²) < 4.78 is 0. The molecule has 5 heteroatoms. The van der Waals surface area contributed by atoms with Gasteiger partial charge in [-0.1, -0.05) is 13.8 Å². The van der Waals surface area contributed by atoms with Gasteiger partial charge in [-0.3, -0.25) is 9.59 Å². The Bertz CT molecular complexity index is 391. The molecule has 22 heavy (non-hydrogen) atoms. The average Bonchev–Trinajstić information content (AvgIpc) is 2.59. The minimum absolute atomic E-state index is 0.00353. The lowest BCUT2D eigenvalue weighted by Crippen LogP contribution is -2.49. The van der Waals surface area contributed by atoms with E-state index in [0.29, 0.717) is 12.5 Å². The molecule has 0 spiro atoms. The molecular weight excluding hydrogens is 278 g/mol. The lowest BCUT2D eigenvalue weighted by molar-refractivity contribution is -0.143. The Morgan fingerprint density at radius 3 is 2.41 bits per heavy atom. The highest BCUT2D eigenvalue weighted by atomic mass is 16.2. The average molecular weight is 309 g/mol. The van der Waals surface area contributed by atoms with E-state index in [-0.39, 0.29) is 23.7 Å². The topological polar surface area (TPSA) is 66.6 Å². The maximum Gasteiger partial charge on any atom is 0.227 e. The normalized spacial score (nSPS) is 25.1. The minimum Gasteiger partial charge on any atom is -0.342 e. The highest BCUT2D eigenvalue weighted by Gasteiger charge is 2.33. The van der Waals surface area contributed by atoms with Gasteiger partial charge in [0, 0.05) is 32.1 Å². The first kappa shape index (κ1) is 17.3. The van der Waals surface area contributed by atoms with E-state index in [2.05, 4.69) is 0 Å². The highest BCUT2D eigenvalue weighted by molar-refractivity contribution is 5.82. The molecule has 2 N–H and O–H groups in total. The van der Waals surface area contributed by atoms with Crippen molar-refractivity contribution < 1.29 is 9.59 Å². The van der Waals surface area contributed by atoms with E-state index >= 15 is 0 Å². The second-order valence-corrected chi connectivity index (χ2v) is 6.94. The summed E-state index contributed by atoms with van der Waals surface area (Å²) in [6.07, 6.45) is 4.76. The number of likely N-dealkylation sites (tertiary alicyclic amines) is 2. The monoisotopic (exact) mass is 309 g/mol. The van der Waals surface area contributed by atoms with Gasteiger partial charge in [0.15, 0.2) is 0 Å². The fraction of sp³-hybridized carbons (Fsp3) is 0.882. The van der Waals surface area contributed by atoms with E-state index in [1.807, 2.05) is 23.6 Å². The van der Waals surface area contributed by atoms with Crippen molar-refractivity contribution in [1.82, 2.24) is 9.80 Å². The van der Waals surface area contributed by atoms with Crippen molar-refractivity contribution in [3.63, 3.8) is 0 Å². The number of carbonyl (C=O) groups excluding carboxylic acids is 2. The Hall–Kier alpha value is -1.10. The van der Waals surface area contributed by atoms with Crippen molar-refractivity contribution in [2.24, 2.45) is 23.5 Å². The first-order chi connectivity index (χ1) is 10.6. The fourth-order valence-electron chi connectivity index (χ4n) is 3.51. The molecule has 2 amide bonds. The molecule has 0 saturated carbocycles. The number of hydrogen-bond donors (Lipinski definition) is 1. The van der Waals surface area contributed by atoms with Crippen LogP contribution in [0.4, 0.5) is 0 Å². The minimum atomic E-state index is -0.00353. The molecule has 2 atom stereocenters. The molecule has 2 fully saturated rings. The van der Waals surface area contributed by atoms with Crippen LogP contribution in [0.1, 0.15) is 46.0 Å². The molecule has 2 saturated heterocycles. The van der Waals surface area contributed by atoms with Crippen LogP contribution in [0.15, 0.2) is 0 Å². The summed E-state index contributed by atoms with van der Waals surface area (Å²) in [6, 6.07) is 0. The Kier molecular flexibility index (Phi) is 6.24. The van der Waals surface area contributed by atoms with Gasteiger partial charge in [0.1, 0.15) is 0 Å². The molecule has 2 aliphatic rings. The lowest BCUT2D eigenvalue weighted by atomic mass is 9.92. The molecule has 0 aliphatic carbocycles. The molecule has 0 aromatic carbocycles. The number of hydrogen-bond acceptors (Lipinski definition) is 3. The zero-order chi connectivity index (χ0) is 16.1. The first-order valence-electron chi connectivity index (χ1n) is 8.84. The molecule has 5 nitrogen and oxygen atoms in total. The van der Waals surface area contributed by atoms with Gasteiger partial charge < -0.3 is 15.5 Å². The lowest BCUT2D eigenvalue weighted by Gasteiger charge is -2.38. The van der Waals surface area contributed by atoms with Crippen molar-refractivity contribution in [2.75, 3.05) is 32.7 Å². The first-order valence-corrected chi connectivity index (χ1v) is 8.84. The molecule has 2 rings (SSSR count). The summed E-state index contributed by atoms with van der Waals surface area (Å²) in [5, 5.41) is 0. The van der Waals surface area contributed by atoms with E-state index in [4.69, 9.17) is 5.73 Å². The second kappa shape index (κ2) is 7.95. The summed E-state index contributed by atoms with van der Waals surface area (Å²) in [5.41, 5.74) is 5.71. The van der Waals surface area contributed by atoms with Crippen LogP contribution in [0.3, 0.4) is 0 Å². The third-order valence-corrected chi connectivity index (χ3v) is 5.38. The van der Waals surface area contributed by atoms with E-state index in [1.54, 1.807) is 0 Å². The molecule has 2 aliphatic heterocycles. The number of amides is 2. The SMILES string of the molecule is CCC(C)C(=O)N1CCCC(C(=O)N2CCC(CN)CC2)C1. The van der Waals surface area contributed by atoms with Gasteiger partial charge in [0.05, 0.1) is 5.92 Å². The van der Waals surface area contributed by atoms with Crippen molar-refractivity contribution >= 4 is 11.8 Å². The third-order valence-electron chi connectivity index (χ3n) is 5.38. The summed E-state index contributed by atoms with van der Waals surface area (Å²) >= 11 is 0. The highest BCUT2D eigenvalue weighted by Crippen LogP contribution is 2.24. The predicted molar refractivity (Wildman–Crippen MR) is 87.1 cm³/mol. The van der Waals surface area contributed by atoms with Crippen LogP contribution in [0.5, 0.6) is 0 Å². The Labute approximate surface area is 134 Å². The molecule has 2 unspecified atom stereocenters. The summed E-state index contributed by atoms with van der Waals surface area (Å²) in [5.74, 6) is 1.09. The molecule has 2 heterocycles. The van der Waals surface area contributed by atoms with Gasteiger partial charge >= 0.3 is 0 Å². The maximum absolute atomic E-state index is 12.7. The third kappa shape index (κ3) is 4.00. The predicted octanol–water partition coefficient (Wildman–Crippen LogP) is 1.47. The quantitative estimate of drug-likeness (QED) is 0.855. The Balaban J connectivity index is 1.89. The number of piperidine rings is 2. The van der Waals surface area contributed by atoms with Crippen LogP contribution in [0.25, 0.3) is 0 Å². The zero-order valence-electron chi connectivity index (χ0n) is 14.1. The van der Waals surface area contributed by atoms with Crippen LogP contribution >= 0.6 is 0 Å². The molecule has 0 radical (unpaired) electrons. The standard InChI is InChI=1S/C17H31N3O2/c1-3-13(2)16(21)20-8-4-5-15(12-20)17(22)19-9-6-14(11-18)7-10-19/h13-15H,3-12,18H2,1-2H3. The van der Waals surface area contributed by atoms with Gasteiger partial charge in [-0.2, -0.15) is 0 Å². The smallest absolute Gasteiger partial charge is 0.227 e. The Morgan fingerprint density at radius 2 is 1.82 bits per heavy atom. The van der Waals surface area contributed by atoms with Crippen molar-refractivity contribution in [3.05, 3.63) is 0 Å². The van der Waals surface area contributed by atoms with Gasteiger partial charge in [0.2, 0.25) is 11.8 Å². The van der Waals surface area contributed by atoms with Gasteiger partial charge in [-0.15, -0.1) is 0 Å². The zero-order valence-corrected chi connectivity index (χ0v) is 14.1. The molecule has 126 valence electrons. The van der Waals surface area contributed by atoms with Gasteiger partial charge in [-0.25, -0.2) is 0 Å².